The molecule has 5 heteroatoms. The second-order valence-corrected chi connectivity index (χ2v) is 5.23. The van der Waals surface area contributed by atoms with E-state index in [0.717, 1.165) is 22.4 Å². The van der Waals surface area contributed by atoms with Gasteiger partial charge in [-0.15, -0.1) is 0 Å². The van der Waals surface area contributed by atoms with Crippen LogP contribution in [0.5, 0.6) is 11.5 Å². The van der Waals surface area contributed by atoms with E-state index >= 15 is 0 Å². The minimum absolute atomic E-state index is 0.0745. The summed E-state index contributed by atoms with van der Waals surface area (Å²) < 4.78 is 9.99. The second kappa shape index (κ2) is 6.95. The molecule has 0 saturated carbocycles. The predicted octanol–water partition coefficient (Wildman–Crippen LogP) is 3.55. The first-order valence-corrected chi connectivity index (χ1v) is 7.05. The maximum Gasteiger partial charge on any atom is 0.308 e. The molecule has 0 aromatic heterocycles. The molecule has 0 aliphatic carbocycles. The van der Waals surface area contributed by atoms with Crippen molar-refractivity contribution in [2.45, 2.75) is 11.8 Å². The Balaban J connectivity index is 2.03. The molecule has 0 radical (unpaired) electrons. The van der Waals surface area contributed by atoms with Crippen molar-refractivity contribution in [2.24, 2.45) is 0 Å². The molecule has 0 heterocycles. The van der Waals surface area contributed by atoms with Crippen LogP contribution in [0.3, 0.4) is 0 Å². The van der Waals surface area contributed by atoms with Crippen LogP contribution in [0.1, 0.15) is 17.3 Å². The number of ether oxygens (including phenoxy) is 2. The number of rotatable bonds is 4. The third-order valence-corrected chi connectivity index (χ3v) is 3.55. The highest BCUT2D eigenvalue weighted by Gasteiger charge is 2.09. The van der Waals surface area contributed by atoms with E-state index in [4.69, 9.17) is 9.47 Å². The molecule has 0 N–H and O–H groups in total. The Labute approximate surface area is 127 Å². The van der Waals surface area contributed by atoms with Crippen molar-refractivity contribution in [2.75, 3.05) is 7.11 Å². The minimum atomic E-state index is -0.387. The zero-order valence-electron chi connectivity index (χ0n) is 11.7. The molecular formula is C16H14O4S. The smallest absolute Gasteiger partial charge is 0.308 e. The van der Waals surface area contributed by atoms with Crippen molar-refractivity contribution in [3.8, 4) is 11.5 Å². The maximum atomic E-state index is 12.1. The summed E-state index contributed by atoms with van der Waals surface area (Å²) in [6.07, 6.45) is 0. The number of hydrogen-bond acceptors (Lipinski definition) is 5. The van der Waals surface area contributed by atoms with Crippen LogP contribution >= 0.6 is 11.8 Å². The fraction of sp³-hybridized carbons (Fsp3) is 0.125. The lowest BCUT2D eigenvalue weighted by Crippen LogP contribution is -2.01. The fourth-order valence-corrected chi connectivity index (χ4v) is 2.37. The van der Waals surface area contributed by atoms with Crippen LogP contribution in [0.4, 0.5) is 0 Å². The Hall–Kier alpha value is -2.27. The van der Waals surface area contributed by atoms with E-state index in [1.54, 1.807) is 43.5 Å². The summed E-state index contributed by atoms with van der Waals surface area (Å²) in [5, 5.41) is -0.0745. The number of esters is 1. The van der Waals surface area contributed by atoms with Crippen molar-refractivity contribution < 1.29 is 19.1 Å². The van der Waals surface area contributed by atoms with E-state index in [-0.39, 0.29) is 11.1 Å². The molecular weight excluding hydrogens is 288 g/mol. The van der Waals surface area contributed by atoms with Gasteiger partial charge in [0, 0.05) is 17.4 Å². The van der Waals surface area contributed by atoms with Crippen LogP contribution in [0.2, 0.25) is 0 Å². The second-order valence-electron chi connectivity index (χ2n) is 4.18. The summed E-state index contributed by atoms with van der Waals surface area (Å²) in [7, 11) is 1.60. The molecule has 0 saturated heterocycles. The van der Waals surface area contributed by atoms with Crippen LogP contribution in [-0.2, 0) is 4.79 Å². The lowest BCUT2D eigenvalue weighted by molar-refractivity contribution is -0.131. The first-order valence-electron chi connectivity index (χ1n) is 6.23. The first-order chi connectivity index (χ1) is 10.1. The lowest BCUT2D eigenvalue weighted by Gasteiger charge is -2.04. The molecule has 0 spiro atoms. The Kier molecular flexibility index (Phi) is 5.00. The van der Waals surface area contributed by atoms with Gasteiger partial charge in [-0.3, -0.25) is 9.59 Å². The molecule has 0 bridgehead atoms. The number of methoxy groups -OCH3 is 1. The standard InChI is InChI=1S/C16H14O4S/c1-11(17)20-14-5-3-12(4-6-14)16(18)21-15-9-7-13(19-2)8-10-15/h3-10H,1-2H3. The van der Waals surface area contributed by atoms with Crippen LogP contribution in [0.15, 0.2) is 53.4 Å². The van der Waals surface area contributed by atoms with Gasteiger partial charge in [0.1, 0.15) is 11.5 Å². The predicted molar refractivity (Wildman–Crippen MR) is 80.9 cm³/mol. The molecule has 0 fully saturated rings. The van der Waals surface area contributed by atoms with E-state index in [9.17, 15) is 9.59 Å². The van der Waals surface area contributed by atoms with Crippen molar-refractivity contribution in [3.05, 3.63) is 54.1 Å². The molecule has 0 atom stereocenters. The molecule has 2 rings (SSSR count). The van der Waals surface area contributed by atoms with Crippen LogP contribution in [0.25, 0.3) is 0 Å². The monoisotopic (exact) mass is 302 g/mol. The Bertz CT molecular complexity index is 632. The van der Waals surface area contributed by atoms with Gasteiger partial charge in [0.05, 0.1) is 7.11 Å². The van der Waals surface area contributed by atoms with Gasteiger partial charge >= 0.3 is 5.97 Å². The Morgan fingerprint density at radius 3 is 2.00 bits per heavy atom. The summed E-state index contributed by atoms with van der Waals surface area (Å²) in [6.45, 7) is 1.33. The zero-order chi connectivity index (χ0) is 15.2. The van der Waals surface area contributed by atoms with Crippen LogP contribution in [0, 0.1) is 0 Å². The third-order valence-electron chi connectivity index (χ3n) is 2.62. The number of benzene rings is 2. The minimum Gasteiger partial charge on any atom is -0.497 e. The highest BCUT2D eigenvalue weighted by atomic mass is 32.2. The van der Waals surface area contributed by atoms with Crippen LogP contribution < -0.4 is 9.47 Å². The van der Waals surface area contributed by atoms with E-state index in [1.165, 1.54) is 6.92 Å². The fourth-order valence-electron chi connectivity index (χ4n) is 1.63. The van der Waals surface area contributed by atoms with E-state index < -0.39 is 0 Å². The third kappa shape index (κ3) is 4.36. The first kappa shape index (κ1) is 15.1. The highest BCUT2D eigenvalue weighted by molar-refractivity contribution is 8.14. The van der Waals surface area contributed by atoms with Gasteiger partial charge in [-0.2, -0.15) is 0 Å². The molecule has 4 nitrogen and oxygen atoms in total. The van der Waals surface area contributed by atoms with Gasteiger partial charge in [-0.25, -0.2) is 0 Å². The summed E-state index contributed by atoms with van der Waals surface area (Å²) in [4.78, 5) is 23.8. The number of hydrogen-bond donors (Lipinski definition) is 0. The summed E-state index contributed by atoms with van der Waals surface area (Å²) in [5.41, 5.74) is 0.548. The summed E-state index contributed by atoms with van der Waals surface area (Å²) >= 11 is 1.13. The van der Waals surface area contributed by atoms with Crippen molar-refractivity contribution in [3.63, 3.8) is 0 Å². The van der Waals surface area contributed by atoms with Gasteiger partial charge in [0.25, 0.3) is 0 Å². The summed E-state index contributed by atoms with van der Waals surface area (Å²) in [6, 6.07) is 13.7. The van der Waals surface area contributed by atoms with Crippen molar-refractivity contribution in [1.82, 2.24) is 0 Å². The highest BCUT2D eigenvalue weighted by Crippen LogP contribution is 2.25. The van der Waals surface area contributed by atoms with E-state index in [0.29, 0.717) is 11.3 Å². The zero-order valence-corrected chi connectivity index (χ0v) is 12.5. The number of carbonyl (C=O) groups excluding carboxylic acids is 2. The molecule has 21 heavy (non-hydrogen) atoms. The normalized spacial score (nSPS) is 10.0. The molecule has 108 valence electrons. The average molecular weight is 302 g/mol. The van der Waals surface area contributed by atoms with Gasteiger partial charge in [0.2, 0.25) is 5.12 Å². The van der Waals surface area contributed by atoms with Gasteiger partial charge in [0.15, 0.2) is 0 Å². The molecule has 0 aliphatic rings. The van der Waals surface area contributed by atoms with Gasteiger partial charge in [-0.05, 0) is 60.3 Å². The molecule has 0 unspecified atom stereocenters. The largest absolute Gasteiger partial charge is 0.497 e. The maximum absolute atomic E-state index is 12.1. The SMILES string of the molecule is COc1ccc(SC(=O)c2ccc(OC(C)=O)cc2)cc1. The van der Waals surface area contributed by atoms with Crippen LogP contribution in [-0.4, -0.2) is 18.2 Å². The van der Waals surface area contributed by atoms with E-state index in [1.807, 2.05) is 12.1 Å². The Morgan fingerprint density at radius 1 is 0.905 bits per heavy atom. The topological polar surface area (TPSA) is 52.6 Å². The Morgan fingerprint density at radius 2 is 1.48 bits per heavy atom. The molecule has 0 aliphatic heterocycles. The lowest BCUT2D eigenvalue weighted by atomic mass is 10.2. The molecule has 2 aromatic rings. The van der Waals surface area contributed by atoms with Crippen molar-refractivity contribution in [1.29, 1.82) is 0 Å². The van der Waals surface area contributed by atoms with Gasteiger partial charge < -0.3 is 9.47 Å². The molecule has 2 aromatic carbocycles. The number of thioether (sulfide) groups is 1. The van der Waals surface area contributed by atoms with Gasteiger partial charge in [-0.1, -0.05) is 0 Å². The average Bonchev–Trinajstić information content (AvgIpc) is 2.48. The number of carbonyl (C=O) groups is 2. The van der Waals surface area contributed by atoms with E-state index in [2.05, 4.69) is 0 Å². The molecule has 0 amide bonds. The van der Waals surface area contributed by atoms with Crippen molar-refractivity contribution >= 4 is 22.8 Å². The quantitative estimate of drug-likeness (QED) is 0.491. The summed E-state index contributed by atoms with van der Waals surface area (Å²) in [5.74, 6) is 0.785.